The molecule has 8 heteroatoms. The lowest BCUT2D eigenvalue weighted by molar-refractivity contribution is -0.384. The first-order valence-corrected chi connectivity index (χ1v) is 6.49. The normalized spacial score (nSPS) is 10.2. The third kappa shape index (κ3) is 3.12. The van der Waals surface area contributed by atoms with E-state index in [1.807, 2.05) is 0 Å². The molecule has 2 aromatic rings. The fourth-order valence-electron chi connectivity index (χ4n) is 1.69. The quantitative estimate of drug-likeness (QED) is 0.638. The largest absolute Gasteiger partial charge is 0.310 e. The molecule has 0 spiro atoms. The molecule has 0 atom stereocenters. The Morgan fingerprint density at radius 2 is 2.10 bits per heavy atom. The third-order valence-electron chi connectivity index (χ3n) is 2.79. The number of carbonyl (C=O) groups excluding carboxylic acids is 1. The van der Waals surface area contributed by atoms with Crippen LogP contribution in [0.1, 0.15) is 10.4 Å². The third-order valence-corrected chi connectivity index (χ3v) is 3.59. The van der Waals surface area contributed by atoms with Gasteiger partial charge in [0.15, 0.2) is 0 Å². The highest BCUT2D eigenvalue weighted by Crippen LogP contribution is 2.32. The maximum absolute atomic E-state index is 12.4. The van der Waals surface area contributed by atoms with Crippen molar-refractivity contribution in [3.05, 3.63) is 62.4 Å². The highest BCUT2D eigenvalue weighted by molar-refractivity contribution is 6.44. The number of anilines is 1. The van der Waals surface area contributed by atoms with E-state index in [4.69, 9.17) is 23.2 Å². The lowest BCUT2D eigenvalue weighted by atomic mass is 10.1. The number of halogens is 2. The van der Waals surface area contributed by atoms with E-state index in [-0.39, 0.29) is 21.3 Å². The van der Waals surface area contributed by atoms with Crippen molar-refractivity contribution in [2.24, 2.45) is 0 Å². The maximum Gasteiger partial charge on any atom is 0.271 e. The fraction of sp³-hybridized carbons (Fsp3) is 0.0769. The number of aromatic nitrogens is 1. The van der Waals surface area contributed by atoms with Crippen molar-refractivity contribution >= 4 is 40.5 Å². The van der Waals surface area contributed by atoms with E-state index >= 15 is 0 Å². The smallest absolute Gasteiger partial charge is 0.271 e. The molecule has 108 valence electrons. The van der Waals surface area contributed by atoms with Crippen molar-refractivity contribution in [2.75, 3.05) is 11.9 Å². The number of non-ortho nitro benzene ring substituents is 1. The van der Waals surface area contributed by atoms with Crippen LogP contribution in [0.3, 0.4) is 0 Å². The van der Waals surface area contributed by atoms with E-state index in [0.717, 1.165) is 12.1 Å². The Balaban J connectivity index is 2.46. The molecule has 0 fully saturated rings. The molecular weight excluding hydrogens is 317 g/mol. The highest BCUT2D eigenvalue weighted by atomic mass is 35.5. The molecule has 0 radical (unpaired) electrons. The van der Waals surface area contributed by atoms with Gasteiger partial charge in [-0.25, -0.2) is 0 Å². The van der Waals surface area contributed by atoms with E-state index in [2.05, 4.69) is 4.98 Å². The van der Waals surface area contributed by atoms with Gasteiger partial charge in [0.05, 0.1) is 32.4 Å². The number of nitro benzene ring substituents is 1. The number of rotatable bonds is 3. The number of hydrogen-bond acceptors (Lipinski definition) is 4. The Morgan fingerprint density at radius 1 is 1.38 bits per heavy atom. The summed E-state index contributed by atoms with van der Waals surface area (Å²) in [5, 5.41) is 10.8. The second-order valence-corrected chi connectivity index (χ2v) is 4.91. The average molecular weight is 326 g/mol. The molecule has 0 aliphatic carbocycles. The first-order chi connectivity index (χ1) is 9.91. The first-order valence-electron chi connectivity index (χ1n) is 5.73. The molecule has 0 N–H and O–H groups in total. The molecule has 1 heterocycles. The molecule has 0 saturated carbocycles. The van der Waals surface area contributed by atoms with Crippen molar-refractivity contribution in [3.8, 4) is 0 Å². The number of amides is 1. The predicted molar refractivity (Wildman–Crippen MR) is 80.1 cm³/mol. The van der Waals surface area contributed by atoms with Gasteiger partial charge in [0, 0.05) is 25.4 Å². The minimum Gasteiger partial charge on any atom is -0.310 e. The Bertz CT molecular complexity index is 707. The lowest BCUT2D eigenvalue weighted by Gasteiger charge is -2.17. The molecule has 6 nitrogen and oxygen atoms in total. The minimum atomic E-state index is -0.636. The molecule has 0 aliphatic heterocycles. The Labute approximate surface area is 130 Å². The molecule has 1 amide bonds. The van der Waals surface area contributed by atoms with Crippen LogP contribution in [0, 0.1) is 10.1 Å². The standard InChI is InChI=1S/C13H9Cl2N3O3/c1-17(8-3-2-4-16-7-8)13(19)10-5-9(18(20)21)6-11(14)12(10)15/h2-7H,1H3. The number of nitro groups is 1. The average Bonchev–Trinajstić information content (AvgIpc) is 2.49. The summed E-state index contributed by atoms with van der Waals surface area (Å²) in [5.74, 6) is -0.515. The summed E-state index contributed by atoms with van der Waals surface area (Å²) in [6.07, 6.45) is 3.06. The van der Waals surface area contributed by atoms with E-state index in [0.29, 0.717) is 5.69 Å². The second kappa shape index (κ2) is 6.07. The van der Waals surface area contributed by atoms with Gasteiger partial charge in [0.2, 0.25) is 0 Å². The van der Waals surface area contributed by atoms with E-state index in [1.54, 1.807) is 18.3 Å². The van der Waals surface area contributed by atoms with Gasteiger partial charge in [-0.3, -0.25) is 19.9 Å². The van der Waals surface area contributed by atoms with Gasteiger partial charge >= 0.3 is 0 Å². The van der Waals surface area contributed by atoms with Crippen LogP contribution in [0.25, 0.3) is 0 Å². The van der Waals surface area contributed by atoms with Crippen LogP contribution in [-0.2, 0) is 0 Å². The van der Waals surface area contributed by atoms with Gasteiger partial charge in [-0.05, 0) is 12.1 Å². The van der Waals surface area contributed by atoms with Crippen molar-refractivity contribution in [2.45, 2.75) is 0 Å². The zero-order chi connectivity index (χ0) is 15.6. The van der Waals surface area contributed by atoms with Gasteiger partial charge < -0.3 is 4.90 Å². The van der Waals surface area contributed by atoms with Crippen molar-refractivity contribution in [3.63, 3.8) is 0 Å². The van der Waals surface area contributed by atoms with Crippen LogP contribution < -0.4 is 4.90 Å². The molecule has 0 unspecified atom stereocenters. The molecule has 1 aromatic carbocycles. The van der Waals surface area contributed by atoms with Gasteiger partial charge in [0.25, 0.3) is 11.6 Å². The summed E-state index contributed by atoms with van der Waals surface area (Å²) < 4.78 is 0. The Morgan fingerprint density at radius 3 is 2.67 bits per heavy atom. The minimum absolute atomic E-state index is 0.0250. The lowest BCUT2D eigenvalue weighted by Crippen LogP contribution is -2.26. The topological polar surface area (TPSA) is 76.3 Å². The molecule has 0 bridgehead atoms. The monoisotopic (exact) mass is 325 g/mol. The van der Waals surface area contributed by atoms with Crippen LogP contribution in [0.2, 0.25) is 10.0 Å². The number of pyridine rings is 1. The molecular formula is C13H9Cl2N3O3. The summed E-state index contributed by atoms with van der Waals surface area (Å²) in [5.41, 5.74) is 0.191. The van der Waals surface area contributed by atoms with Gasteiger partial charge in [-0.2, -0.15) is 0 Å². The summed E-state index contributed by atoms with van der Waals surface area (Å²) in [6, 6.07) is 5.55. The van der Waals surface area contributed by atoms with Gasteiger partial charge in [0.1, 0.15) is 0 Å². The van der Waals surface area contributed by atoms with Crippen molar-refractivity contribution in [1.29, 1.82) is 0 Å². The fourth-order valence-corrected chi connectivity index (χ4v) is 2.09. The Kier molecular flexibility index (Phi) is 4.40. The van der Waals surface area contributed by atoms with Crippen LogP contribution in [-0.4, -0.2) is 22.9 Å². The predicted octanol–water partition coefficient (Wildman–Crippen LogP) is 3.57. The summed E-state index contributed by atoms with van der Waals surface area (Å²) in [6.45, 7) is 0. The van der Waals surface area contributed by atoms with Gasteiger partial charge in [-0.15, -0.1) is 0 Å². The molecule has 2 rings (SSSR count). The van der Waals surface area contributed by atoms with Crippen molar-refractivity contribution in [1.82, 2.24) is 4.98 Å². The van der Waals surface area contributed by atoms with E-state index in [9.17, 15) is 14.9 Å². The van der Waals surface area contributed by atoms with Crippen LogP contribution >= 0.6 is 23.2 Å². The summed E-state index contributed by atoms with van der Waals surface area (Å²) in [4.78, 5) is 27.8. The maximum atomic E-state index is 12.4. The summed E-state index contributed by atoms with van der Waals surface area (Å²) in [7, 11) is 1.52. The van der Waals surface area contributed by atoms with Crippen molar-refractivity contribution < 1.29 is 9.72 Å². The SMILES string of the molecule is CN(C(=O)c1cc([N+](=O)[O-])cc(Cl)c1Cl)c1cccnc1. The molecule has 0 aliphatic rings. The zero-order valence-electron chi connectivity index (χ0n) is 10.8. The number of benzene rings is 1. The zero-order valence-corrected chi connectivity index (χ0v) is 12.3. The number of hydrogen-bond donors (Lipinski definition) is 0. The van der Waals surface area contributed by atoms with E-state index < -0.39 is 10.8 Å². The molecule has 1 aromatic heterocycles. The molecule has 21 heavy (non-hydrogen) atoms. The number of nitrogens with zero attached hydrogens (tertiary/aromatic N) is 3. The summed E-state index contributed by atoms with van der Waals surface area (Å²) >= 11 is 11.8. The van der Waals surface area contributed by atoms with Crippen LogP contribution in [0.5, 0.6) is 0 Å². The Hall–Kier alpha value is -2.18. The second-order valence-electron chi connectivity index (χ2n) is 4.12. The van der Waals surface area contributed by atoms with Crippen LogP contribution in [0.15, 0.2) is 36.7 Å². The van der Waals surface area contributed by atoms with E-state index in [1.165, 1.54) is 18.1 Å². The molecule has 0 saturated heterocycles. The first kappa shape index (κ1) is 15.2. The number of carbonyl (C=O) groups is 1. The highest BCUT2D eigenvalue weighted by Gasteiger charge is 2.22. The van der Waals surface area contributed by atoms with Gasteiger partial charge in [-0.1, -0.05) is 23.2 Å². The van der Waals surface area contributed by atoms with Crippen LogP contribution in [0.4, 0.5) is 11.4 Å².